The highest BCUT2D eigenvalue weighted by molar-refractivity contribution is 5.02. The van der Waals surface area contributed by atoms with Crippen molar-refractivity contribution in [3.05, 3.63) is 0 Å². The Morgan fingerprint density at radius 3 is 1.78 bits per heavy atom. The van der Waals surface area contributed by atoms with Crippen molar-refractivity contribution >= 4 is 0 Å². The largest absolute Gasteiger partial charge is 0.370 e. The lowest BCUT2D eigenvalue weighted by Crippen LogP contribution is -2.32. The Bertz CT molecular complexity index is 131. The number of hydrogen-bond donors (Lipinski definition) is 0. The van der Waals surface area contributed by atoms with Crippen molar-refractivity contribution in [2.24, 2.45) is 0 Å². The maximum atomic E-state index is 5.51. The molecule has 3 aliphatic heterocycles. The molecule has 0 aromatic heterocycles. The second-order valence-corrected chi connectivity index (χ2v) is 2.81. The Morgan fingerprint density at radius 2 is 1.44 bits per heavy atom. The molecule has 4 bridgehead atoms. The van der Waals surface area contributed by atoms with Gasteiger partial charge in [0, 0.05) is 0 Å². The van der Waals surface area contributed by atoms with Crippen LogP contribution in [0.25, 0.3) is 0 Å². The van der Waals surface area contributed by atoms with Gasteiger partial charge < -0.3 is 14.2 Å². The van der Waals surface area contributed by atoms with Crippen LogP contribution in [0.3, 0.4) is 0 Å². The van der Waals surface area contributed by atoms with Gasteiger partial charge >= 0.3 is 0 Å². The highest BCUT2D eigenvalue weighted by Gasteiger charge is 2.56. The van der Waals surface area contributed by atoms with E-state index < -0.39 is 0 Å². The summed E-state index contributed by atoms with van der Waals surface area (Å²) in [6.45, 7) is 1.48. The minimum Gasteiger partial charge on any atom is -0.370 e. The second kappa shape index (κ2) is 1.31. The van der Waals surface area contributed by atoms with Crippen LogP contribution < -0.4 is 0 Å². The molecule has 3 heterocycles. The van der Waals surface area contributed by atoms with Crippen molar-refractivity contribution in [2.75, 3.05) is 13.2 Å². The molecule has 0 spiro atoms. The third kappa shape index (κ3) is 0.407. The Morgan fingerprint density at radius 1 is 0.889 bits per heavy atom. The molecule has 3 heteroatoms. The van der Waals surface area contributed by atoms with E-state index >= 15 is 0 Å². The monoisotopic (exact) mass is 128 g/mol. The van der Waals surface area contributed by atoms with Crippen LogP contribution in [-0.2, 0) is 14.2 Å². The predicted octanol–water partition coefficient (Wildman–Crippen LogP) is -0.449. The average Bonchev–Trinajstić information content (AvgIpc) is 2.50. The van der Waals surface area contributed by atoms with Gasteiger partial charge in [-0.05, 0) is 0 Å². The van der Waals surface area contributed by atoms with E-state index in [2.05, 4.69) is 0 Å². The first-order chi connectivity index (χ1) is 4.45. The molecule has 0 N–H and O–H groups in total. The lowest BCUT2D eigenvalue weighted by atomic mass is 10.2. The third-order valence-electron chi connectivity index (χ3n) is 2.31. The van der Waals surface area contributed by atoms with Crippen LogP contribution in [0.1, 0.15) is 0 Å². The summed E-state index contributed by atoms with van der Waals surface area (Å²) in [7, 11) is 0. The molecular weight excluding hydrogens is 120 g/mol. The molecule has 9 heavy (non-hydrogen) atoms. The molecule has 0 aromatic carbocycles. The molecule has 3 rings (SSSR count). The fourth-order valence-corrected chi connectivity index (χ4v) is 1.89. The van der Waals surface area contributed by atoms with Crippen molar-refractivity contribution in [3.8, 4) is 0 Å². The van der Waals surface area contributed by atoms with Crippen molar-refractivity contribution in [1.29, 1.82) is 0 Å². The summed E-state index contributed by atoms with van der Waals surface area (Å²) in [6, 6.07) is 0. The van der Waals surface area contributed by atoms with Crippen LogP contribution in [0.4, 0.5) is 0 Å². The number of ether oxygens (including phenoxy) is 3. The summed E-state index contributed by atoms with van der Waals surface area (Å²) >= 11 is 0. The van der Waals surface area contributed by atoms with E-state index in [0.29, 0.717) is 0 Å². The molecule has 0 radical (unpaired) electrons. The van der Waals surface area contributed by atoms with Crippen molar-refractivity contribution in [2.45, 2.75) is 24.4 Å². The van der Waals surface area contributed by atoms with Crippen LogP contribution in [0.2, 0.25) is 0 Å². The molecule has 3 nitrogen and oxygen atoms in total. The summed E-state index contributed by atoms with van der Waals surface area (Å²) in [5.74, 6) is 0. The maximum absolute atomic E-state index is 5.51. The Hall–Kier alpha value is -0.120. The van der Waals surface area contributed by atoms with Gasteiger partial charge in [-0.2, -0.15) is 0 Å². The van der Waals surface area contributed by atoms with E-state index in [0.717, 1.165) is 13.2 Å². The van der Waals surface area contributed by atoms with Gasteiger partial charge in [-0.15, -0.1) is 0 Å². The van der Waals surface area contributed by atoms with Crippen LogP contribution >= 0.6 is 0 Å². The highest BCUT2D eigenvalue weighted by Crippen LogP contribution is 2.38. The summed E-state index contributed by atoms with van der Waals surface area (Å²) in [5.41, 5.74) is 0. The molecule has 3 saturated heterocycles. The summed E-state index contributed by atoms with van der Waals surface area (Å²) < 4.78 is 16.3. The van der Waals surface area contributed by atoms with E-state index in [9.17, 15) is 0 Å². The Balaban J connectivity index is 2.02. The molecule has 50 valence electrons. The van der Waals surface area contributed by atoms with Crippen molar-refractivity contribution < 1.29 is 14.2 Å². The lowest BCUT2D eigenvalue weighted by molar-refractivity contribution is -0.128. The first-order valence-corrected chi connectivity index (χ1v) is 3.34. The topological polar surface area (TPSA) is 27.7 Å². The van der Waals surface area contributed by atoms with Gasteiger partial charge in [0.15, 0.2) is 0 Å². The fraction of sp³-hybridized carbons (Fsp3) is 1.00. The summed E-state index contributed by atoms with van der Waals surface area (Å²) in [5, 5.41) is 0. The molecule has 4 atom stereocenters. The zero-order chi connectivity index (χ0) is 5.84. The third-order valence-corrected chi connectivity index (χ3v) is 2.31. The Kier molecular flexibility index (Phi) is 0.678. The molecule has 0 saturated carbocycles. The average molecular weight is 128 g/mol. The van der Waals surface area contributed by atoms with Gasteiger partial charge in [0.25, 0.3) is 0 Å². The SMILES string of the molecule is C1O[C@@H]2[C@H]3CO[C@H]2C1O3. The van der Waals surface area contributed by atoms with Gasteiger partial charge in [-0.3, -0.25) is 0 Å². The molecule has 0 aliphatic carbocycles. The van der Waals surface area contributed by atoms with Crippen LogP contribution in [0.15, 0.2) is 0 Å². The normalized spacial score (nSPS) is 61.3. The Labute approximate surface area is 52.9 Å². The molecule has 0 aromatic rings. The maximum Gasteiger partial charge on any atom is 0.115 e. The minimum atomic E-state index is 0.258. The van der Waals surface area contributed by atoms with Crippen LogP contribution in [-0.4, -0.2) is 37.6 Å². The van der Waals surface area contributed by atoms with Crippen LogP contribution in [0.5, 0.6) is 0 Å². The summed E-state index contributed by atoms with van der Waals surface area (Å²) in [4.78, 5) is 0. The van der Waals surface area contributed by atoms with Gasteiger partial charge in [0.05, 0.1) is 13.2 Å². The molecule has 3 fully saturated rings. The van der Waals surface area contributed by atoms with E-state index in [1.807, 2.05) is 0 Å². The molecular formula is C6H8O3. The zero-order valence-electron chi connectivity index (χ0n) is 4.95. The molecule has 1 unspecified atom stereocenters. The fourth-order valence-electron chi connectivity index (χ4n) is 1.89. The van der Waals surface area contributed by atoms with Gasteiger partial charge in [0.1, 0.15) is 24.4 Å². The van der Waals surface area contributed by atoms with E-state index in [1.54, 1.807) is 0 Å². The first-order valence-electron chi connectivity index (χ1n) is 3.34. The quantitative estimate of drug-likeness (QED) is 0.442. The van der Waals surface area contributed by atoms with Crippen molar-refractivity contribution in [1.82, 2.24) is 0 Å². The molecule has 3 aliphatic rings. The standard InChI is InChI=1S/C6H8O3/c1-3-5-6(7-1)4(9-3)2-8-5/h3-6H,1-2H2/t3-,4?,5-,6+/m1/s1. The lowest BCUT2D eigenvalue weighted by Gasteiger charge is -2.21. The second-order valence-electron chi connectivity index (χ2n) is 2.81. The summed E-state index contributed by atoms with van der Waals surface area (Å²) in [6.07, 6.45) is 1.06. The number of hydrogen-bond acceptors (Lipinski definition) is 3. The minimum absolute atomic E-state index is 0.258. The smallest absolute Gasteiger partial charge is 0.115 e. The van der Waals surface area contributed by atoms with E-state index in [4.69, 9.17) is 14.2 Å². The molecule has 0 amide bonds. The van der Waals surface area contributed by atoms with Gasteiger partial charge in [-0.25, -0.2) is 0 Å². The first kappa shape index (κ1) is 4.66. The van der Waals surface area contributed by atoms with E-state index in [-0.39, 0.29) is 24.4 Å². The van der Waals surface area contributed by atoms with Crippen LogP contribution in [0, 0.1) is 0 Å². The predicted molar refractivity (Wildman–Crippen MR) is 28.1 cm³/mol. The zero-order valence-corrected chi connectivity index (χ0v) is 4.95. The van der Waals surface area contributed by atoms with Gasteiger partial charge in [0.2, 0.25) is 0 Å². The number of rotatable bonds is 0. The highest BCUT2D eigenvalue weighted by atomic mass is 16.7. The van der Waals surface area contributed by atoms with E-state index in [1.165, 1.54) is 0 Å². The van der Waals surface area contributed by atoms with Crippen molar-refractivity contribution in [3.63, 3.8) is 0 Å². The van der Waals surface area contributed by atoms with Gasteiger partial charge in [-0.1, -0.05) is 0 Å².